The molecule has 1 aliphatic heterocycles. The van der Waals surface area contributed by atoms with E-state index >= 15 is 0 Å². The lowest BCUT2D eigenvalue weighted by molar-refractivity contribution is -0.138. The molecule has 1 saturated heterocycles. The summed E-state index contributed by atoms with van der Waals surface area (Å²) in [5.41, 5.74) is 0.955. The number of nitrogens with zero attached hydrogens (tertiary/aromatic N) is 1. The molecule has 1 fully saturated rings. The Morgan fingerprint density at radius 2 is 2.00 bits per heavy atom. The molecule has 19 heavy (non-hydrogen) atoms. The second-order valence-corrected chi connectivity index (χ2v) is 5.46. The number of carbonyl (C=O) groups excluding carboxylic acids is 1. The van der Waals surface area contributed by atoms with Gasteiger partial charge in [-0.25, -0.2) is 0 Å². The zero-order valence-electron chi connectivity index (χ0n) is 11.5. The monoisotopic (exact) mass is 281 g/mol. The first-order chi connectivity index (χ1) is 9.08. The van der Waals surface area contributed by atoms with Crippen molar-refractivity contribution in [2.75, 3.05) is 13.1 Å². The van der Waals surface area contributed by atoms with E-state index in [0.29, 0.717) is 10.8 Å². The van der Waals surface area contributed by atoms with Crippen LogP contribution in [0.4, 0.5) is 0 Å². The number of hydrogen-bond acceptors (Lipinski definition) is 2. The van der Waals surface area contributed by atoms with Gasteiger partial charge in [-0.3, -0.25) is 4.79 Å². The summed E-state index contributed by atoms with van der Waals surface area (Å²) >= 11 is 5.97. The molecule has 2 rings (SSSR count). The van der Waals surface area contributed by atoms with Crippen LogP contribution in [-0.4, -0.2) is 30.0 Å². The molecule has 1 heterocycles. The molecular formula is C15H20ClNO2. The minimum absolute atomic E-state index is 0.0762. The van der Waals surface area contributed by atoms with Crippen molar-refractivity contribution >= 4 is 17.5 Å². The Morgan fingerprint density at radius 1 is 1.32 bits per heavy atom. The molecule has 104 valence electrons. The van der Waals surface area contributed by atoms with Gasteiger partial charge in [0, 0.05) is 18.1 Å². The number of halogens is 1. The van der Waals surface area contributed by atoms with E-state index in [2.05, 4.69) is 0 Å². The van der Waals surface area contributed by atoms with Crippen LogP contribution in [0.3, 0.4) is 0 Å². The van der Waals surface area contributed by atoms with E-state index in [0.717, 1.165) is 31.5 Å². The van der Waals surface area contributed by atoms with E-state index < -0.39 is 6.10 Å². The Morgan fingerprint density at radius 3 is 2.63 bits per heavy atom. The van der Waals surface area contributed by atoms with Crippen LogP contribution in [0, 0.1) is 6.92 Å². The second-order valence-electron chi connectivity index (χ2n) is 5.06. The third kappa shape index (κ3) is 3.63. The summed E-state index contributed by atoms with van der Waals surface area (Å²) in [4.78, 5) is 14.1. The molecule has 0 radical (unpaired) electrons. The van der Waals surface area contributed by atoms with Gasteiger partial charge in [-0.05, 0) is 56.9 Å². The van der Waals surface area contributed by atoms with Crippen LogP contribution in [0.15, 0.2) is 18.2 Å². The number of hydrogen-bond donors (Lipinski definition) is 0. The molecular weight excluding hydrogens is 262 g/mol. The Labute approximate surface area is 119 Å². The second kappa shape index (κ2) is 6.29. The van der Waals surface area contributed by atoms with E-state index in [-0.39, 0.29) is 5.91 Å². The Bertz CT molecular complexity index is 455. The van der Waals surface area contributed by atoms with Gasteiger partial charge >= 0.3 is 0 Å². The summed E-state index contributed by atoms with van der Waals surface area (Å²) in [5, 5.41) is 0.711. The Kier molecular flexibility index (Phi) is 4.70. The third-order valence-electron chi connectivity index (χ3n) is 3.46. The molecule has 1 aromatic carbocycles. The summed E-state index contributed by atoms with van der Waals surface area (Å²) in [6.45, 7) is 5.44. The largest absolute Gasteiger partial charge is 0.481 e. The predicted molar refractivity (Wildman–Crippen MR) is 76.7 cm³/mol. The van der Waals surface area contributed by atoms with Crippen LogP contribution in [0.25, 0.3) is 0 Å². The van der Waals surface area contributed by atoms with Gasteiger partial charge in [0.05, 0.1) is 0 Å². The summed E-state index contributed by atoms with van der Waals surface area (Å²) in [6, 6.07) is 5.46. The van der Waals surface area contributed by atoms with E-state index in [1.54, 1.807) is 19.1 Å². The molecule has 1 aliphatic rings. The SMILES string of the molecule is Cc1cc(O[C@@H](C)C(=O)N2CCCCC2)ccc1Cl. The molecule has 0 saturated carbocycles. The number of piperidine rings is 1. The quantitative estimate of drug-likeness (QED) is 0.849. The van der Waals surface area contributed by atoms with Gasteiger partial charge in [-0.2, -0.15) is 0 Å². The van der Waals surface area contributed by atoms with Crippen molar-refractivity contribution in [3.05, 3.63) is 28.8 Å². The van der Waals surface area contributed by atoms with Gasteiger partial charge in [0.25, 0.3) is 5.91 Å². The van der Waals surface area contributed by atoms with Crippen molar-refractivity contribution in [3.63, 3.8) is 0 Å². The highest BCUT2D eigenvalue weighted by atomic mass is 35.5. The summed E-state index contributed by atoms with van der Waals surface area (Å²) in [6.07, 6.45) is 2.96. The molecule has 0 bridgehead atoms. The molecule has 1 amide bonds. The van der Waals surface area contributed by atoms with Gasteiger partial charge in [0.2, 0.25) is 0 Å². The maximum atomic E-state index is 12.2. The van der Waals surface area contributed by atoms with Crippen LogP contribution >= 0.6 is 11.6 Å². The average Bonchev–Trinajstić information content (AvgIpc) is 2.43. The van der Waals surface area contributed by atoms with E-state index in [9.17, 15) is 4.79 Å². The molecule has 4 heteroatoms. The lowest BCUT2D eigenvalue weighted by atomic mass is 10.1. The Hall–Kier alpha value is -1.22. The molecule has 0 unspecified atom stereocenters. The number of likely N-dealkylation sites (tertiary alicyclic amines) is 1. The highest BCUT2D eigenvalue weighted by Gasteiger charge is 2.23. The maximum Gasteiger partial charge on any atom is 0.263 e. The van der Waals surface area contributed by atoms with E-state index in [1.165, 1.54) is 6.42 Å². The van der Waals surface area contributed by atoms with Crippen LogP contribution in [0.2, 0.25) is 5.02 Å². The van der Waals surface area contributed by atoms with Crippen LogP contribution in [0.5, 0.6) is 5.75 Å². The Balaban J connectivity index is 1.97. The number of rotatable bonds is 3. The molecule has 0 aromatic heterocycles. The summed E-state index contributed by atoms with van der Waals surface area (Å²) in [5.74, 6) is 0.770. The fourth-order valence-electron chi connectivity index (χ4n) is 2.32. The number of carbonyl (C=O) groups is 1. The zero-order chi connectivity index (χ0) is 13.8. The number of benzene rings is 1. The van der Waals surface area contributed by atoms with Crippen molar-refractivity contribution in [1.82, 2.24) is 4.90 Å². The highest BCUT2D eigenvalue weighted by Crippen LogP contribution is 2.22. The van der Waals surface area contributed by atoms with Gasteiger partial charge in [-0.1, -0.05) is 11.6 Å². The lowest BCUT2D eigenvalue weighted by Crippen LogP contribution is -2.43. The van der Waals surface area contributed by atoms with Crippen LogP contribution in [-0.2, 0) is 4.79 Å². The average molecular weight is 282 g/mol. The topological polar surface area (TPSA) is 29.5 Å². The maximum absolute atomic E-state index is 12.2. The van der Waals surface area contributed by atoms with Gasteiger partial charge < -0.3 is 9.64 Å². The fourth-order valence-corrected chi connectivity index (χ4v) is 2.43. The predicted octanol–water partition coefficient (Wildman–Crippen LogP) is 3.43. The first kappa shape index (κ1) is 14.2. The summed E-state index contributed by atoms with van der Waals surface area (Å²) in [7, 11) is 0. The van der Waals surface area contributed by atoms with Crippen molar-refractivity contribution in [1.29, 1.82) is 0 Å². The van der Waals surface area contributed by atoms with Crippen LogP contribution in [0.1, 0.15) is 31.7 Å². The van der Waals surface area contributed by atoms with Crippen molar-refractivity contribution in [2.24, 2.45) is 0 Å². The molecule has 3 nitrogen and oxygen atoms in total. The first-order valence-electron chi connectivity index (χ1n) is 6.79. The minimum atomic E-state index is -0.446. The lowest BCUT2D eigenvalue weighted by Gasteiger charge is -2.29. The molecule has 1 atom stereocenters. The fraction of sp³-hybridized carbons (Fsp3) is 0.533. The van der Waals surface area contributed by atoms with E-state index in [4.69, 9.17) is 16.3 Å². The van der Waals surface area contributed by atoms with Crippen molar-refractivity contribution < 1.29 is 9.53 Å². The van der Waals surface area contributed by atoms with Crippen LogP contribution < -0.4 is 4.74 Å². The first-order valence-corrected chi connectivity index (χ1v) is 7.17. The van der Waals surface area contributed by atoms with Crippen molar-refractivity contribution in [3.8, 4) is 5.75 Å². The molecule has 0 aliphatic carbocycles. The molecule has 0 N–H and O–H groups in total. The normalized spacial score (nSPS) is 17.1. The number of aryl methyl sites for hydroxylation is 1. The highest BCUT2D eigenvalue weighted by molar-refractivity contribution is 6.31. The zero-order valence-corrected chi connectivity index (χ0v) is 12.2. The van der Waals surface area contributed by atoms with Gasteiger partial charge in [-0.15, -0.1) is 0 Å². The van der Waals surface area contributed by atoms with Crippen molar-refractivity contribution in [2.45, 2.75) is 39.2 Å². The standard InChI is InChI=1S/C15H20ClNO2/c1-11-10-13(6-7-14(11)16)19-12(2)15(18)17-8-4-3-5-9-17/h6-7,10,12H,3-5,8-9H2,1-2H3/t12-/m0/s1. The number of amides is 1. The van der Waals surface area contributed by atoms with Gasteiger partial charge in [0.15, 0.2) is 6.10 Å². The van der Waals surface area contributed by atoms with E-state index in [1.807, 2.05) is 17.9 Å². The number of ether oxygens (including phenoxy) is 1. The molecule has 1 aromatic rings. The smallest absolute Gasteiger partial charge is 0.263 e. The minimum Gasteiger partial charge on any atom is -0.481 e. The summed E-state index contributed by atoms with van der Waals surface area (Å²) < 4.78 is 5.72. The van der Waals surface area contributed by atoms with Gasteiger partial charge in [0.1, 0.15) is 5.75 Å². The molecule has 0 spiro atoms. The third-order valence-corrected chi connectivity index (χ3v) is 3.88.